The lowest BCUT2D eigenvalue weighted by molar-refractivity contribution is -0.110. The van der Waals surface area contributed by atoms with Gasteiger partial charge in [0.15, 0.2) is 0 Å². The minimum Gasteiger partial charge on any atom is -0.391 e. The first-order valence-electron chi connectivity index (χ1n) is 2.68. The zero-order valence-corrected chi connectivity index (χ0v) is 6.09. The SMILES string of the molecule is CC(C)(C)O.O=CCO. The standard InChI is InChI=1S/C4H10O.C2H4O2/c1-4(2,3)5;3-1-2-4/h5H,1-3H3;1,4H,2H2. The van der Waals surface area contributed by atoms with Gasteiger partial charge in [-0.15, -0.1) is 0 Å². The molecule has 0 atom stereocenters. The third-order valence-electron chi connectivity index (χ3n) is 0.0745. The molecule has 0 aliphatic heterocycles. The van der Waals surface area contributed by atoms with Crippen molar-refractivity contribution in [1.29, 1.82) is 0 Å². The normalized spacial score (nSPS) is 9.44. The highest BCUT2D eigenvalue weighted by Crippen LogP contribution is 1.93. The summed E-state index contributed by atoms with van der Waals surface area (Å²) in [5.41, 5.74) is -0.500. The summed E-state index contributed by atoms with van der Waals surface area (Å²) in [5, 5.41) is 16.0. The summed E-state index contributed by atoms with van der Waals surface area (Å²) in [6, 6.07) is 0. The van der Waals surface area contributed by atoms with Crippen LogP contribution in [0.1, 0.15) is 20.8 Å². The molecule has 0 saturated heterocycles. The Kier molecular flexibility index (Phi) is 7.24. The van der Waals surface area contributed by atoms with E-state index in [1.54, 1.807) is 20.8 Å². The molecule has 0 aromatic rings. The Morgan fingerprint density at radius 1 is 1.44 bits per heavy atom. The summed E-state index contributed by atoms with van der Waals surface area (Å²) in [4.78, 5) is 8.92. The lowest BCUT2D eigenvalue weighted by Crippen LogP contribution is -2.10. The van der Waals surface area contributed by atoms with Crippen LogP contribution in [0.2, 0.25) is 0 Å². The summed E-state index contributed by atoms with van der Waals surface area (Å²) in [5.74, 6) is 0. The van der Waals surface area contributed by atoms with Crippen molar-refractivity contribution in [2.24, 2.45) is 0 Å². The van der Waals surface area contributed by atoms with E-state index in [1.165, 1.54) is 0 Å². The molecular weight excluding hydrogens is 120 g/mol. The van der Waals surface area contributed by atoms with E-state index in [1.807, 2.05) is 0 Å². The molecule has 0 spiro atoms. The first-order chi connectivity index (χ1) is 3.91. The van der Waals surface area contributed by atoms with Crippen LogP contribution >= 0.6 is 0 Å². The fourth-order valence-electron chi connectivity index (χ4n) is 0. The van der Waals surface area contributed by atoms with Crippen molar-refractivity contribution in [2.45, 2.75) is 26.4 Å². The highest BCUT2D eigenvalue weighted by Gasteiger charge is 1.97. The molecule has 0 aliphatic rings. The second-order valence-electron chi connectivity index (χ2n) is 2.52. The summed E-state index contributed by atoms with van der Waals surface area (Å²) >= 11 is 0. The van der Waals surface area contributed by atoms with Gasteiger partial charge < -0.3 is 15.0 Å². The van der Waals surface area contributed by atoms with Crippen LogP contribution in [0.4, 0.5) is 0 Å². The summed E-state index contributed by atoms with van der Waals surface area (Å²) < 4.78 is 0. The Morgan fingerprint density at radius 3 is 1.56 bits per heavy atom. The first-order valence-corrected chi connectivity index (χ1v) is 2.68. The van der Waals surface area contributed by atoms with E-state index >= 15 is 0 Å². The van der Waals surface area contributed by atoms with Crippen molar-refractivity contribution in [3.63, 3.8) is 0 Å². The van der Waals surface area contributed by atoms with Gasteiger partial charge in [0.25, 0.3) is 0 Å². The number of aliphatic hydroxyl groups is 2. The molecule has 0 saturated carbocycles. The maximum atomic E-state index is 8.92. The fourth-order valence-corrected chi connectivity index (χ4v) is 0. The van der Waals surface area contributed by atoms with E-state index in [2.05, 4.69) is 0 Å². The van der Waals surface area contributed by atoms with Crippen LogP contribution in [0.5, 0.6) is 0 Å². The van der Waals surface area contributed by atoms with Crippen molar-refractivity contribution >= 4 is 6.29 Å². The minimum absolute atomic E-state index is 0.361. The van der Waals surface area contributed by atoms with Gasteiger partial charge in [-0.3, -0.25) is 0 Å². The van der Waals surface area contributed by atoms with E-state index in [0.717, 1.165) is 0 Å². The molecule has 0 rings (SSSR count). The minimum atomic E-state index is -0.500. The Balaban J connectivity index is 0. The molecule has 0 radical (unpaired) electrons. The van der Waals surface area contributed by atoms with Crippen LogP contribution in [0.3, 0.4) is 0 Å². The molecule has 0 unspecified atom stereocenters. The highest BCUT2D eigenvalue weighted by atomic mass is 16.3. The maximum absolute atomic E-state index is 8.92. The van der Waals surface area contributed by atoms with Gasteiger partial charge in [-0.1, -0.05) is 0 Å². The second-order valence-corrected chi connectivity index (χ2v) is 2.52. The molecular formula is C6H14O3. The zero-order valence-electron chi connectivity index (χ0n) is 6.09. The van der Waals surface area contributed by atoms with E-state index in [9.17, 15) is 0 Å². The molecule has 2 N–H and O–H groups in total. The monoisotopic (exact) mass is 134 g/mol. The highest BCUT2D eigenvalue weighted by molar-refractivity contribution is 5.49. The van der Waals surface area contributed by atoms with Crippen LogP contribution in [0.25, 0.3) is 0 Å². The van der Waals surface area contributed by atoms with Crippen molar-refractivity contribution in [3.05, 3.63) is 0 Å². The van der Waals surface area contributed by atoms with Crippen molar-refractivity contribution < 1.29 is 15.0 Å². The Morgan fingerprint density at radius 2 is 1.56 bits per heavy atom. The molecule has 3 nitrogen and oxygen atoms in total. The van der Waals surface area contributed by atoms with Gasteiger partial charge in [0, 0.05) is 0 Å². The molecule has 0 aromatic heterocycles. The van der Waals surface area contributed by atoms with Gasteiger partial charge in [0.05, 0.1) is 12.2 Å². The number of aliphatic hydroxyl groups excluding tert-OH is 1. The van der Waals surface area contributed by atoms with Crippen LogP contribution < -0.4 is 0 Å². The van der Waals surface area contributed by atoms with E-state index in [-0.39, 0.29) is 6.61 Å². The third-order valence-corrected chi connectivity index (χ3v) is 0.0745. The second kappa shape index (κ2) is 5.72. The average Bonchev–Trinajstić information content (AvgIpc) is 1.61. The number of carbonyl (C=O) groups is 1. The number of aldehydes is 1. The van der Waals surface area contributed by atoms with Crippen LogP contribution in [0.15, 0.2) is 0 Å². The van der Waals surface area contributed by atoms with Crippen LogP contribution in [0, 0.1) is 0 Å². The maximum Gasteiger partial charge on any atom is 0.145 e. The topological polar surface area (TPSA) is 57.5 Å². The van der Waals surface area contributed by atoms with Gasteiger partial charge in [-0.05, 0) is 20.8 Å². The summed E-state index contributed by atoms with van der Waals surface area (Å²) in [6.45, 7) is 4.87. The molecule has 9 heavy (non-hydrogen) atoms. The van der Waals surface area contributed by atoms with Gasteiger partial charge in [0.1, 0.15) is 6.29 Å². The molecule has 0 amide bonds. The van der Waals surface area contributed by atoms with Gasteiger partial charge in [-0.2, -0.15) is 0 Å². The summed E-state index contributed by atoms with van der Waals surface area (Å²) in [7, 11) is 0. The average molecular weight is 134 g/mol. The Bertz CT molecular complexity index is 57.2. The molecule has 0 aliphatic carbocycles. The smallest absolute Gasteiger partial charge is 0.145 e. The molecule has 56 valence electrons. The van der Waals surface area contributed by atoms with Gasteiger partial charge in [0.2, 0.25) is 0 Å². The van der Waals surface area contributed by atoms with Crippen molar-refractivity contribution in [3.8, 4) is 0 Å². The van der Waals surface area contributed by atoms with Gasteiger partial charge in [-0.25, -0.2) is 0 Å². The molecule has 0 aromatic carbocycles. The first kappa shape index (κ1) is 11.4. The quantitative estimate of drug-likeness (QED) is 0.494. The van der Waals surface area contributed by atoms with Crippen LogP contribution in [-0.2, 0) is 4.79 Å². The van der Waals surface area contributed by atoms with E-state index < -0.39 is 5.60 Å². The van der Waals surface area contributed by atoms with E-state index in [4.69, 9.17) is 15.0 Å². The number of hydrogen-bond donors (Lipinski definition) is 2. The largest absolute Gasteiger partial charge is 0.391 e. The van der Waals surface area contributed by atoms with E-state index in [0.29, 0.717) is 6.29 Å². The Labute approximate surface area is 55.3 Å². The Hall–Kier alpha value is -0.410. The third kappa shape index (κ3) is 681. The lowest BCUT2D eigenvalue weighted by Gasteiger charge is -2.04. The molecule has 0 heterocycles. The molecule has 0 bridgehead atoms. The molecule has 0 fully saturated rings. The number of rotatable bonds is 1. The van der Waals surface area contributed by atoms with Gasteiger partial charge >= 0.3 is 0 Å². The molecule has 3 heteroatoms. The van der Waals surface area contributed by atoms with Crippen molar-refractivity contribution in [1.82, 2.24) is 0 Å². The van der Waals surface area contributed by atoms with Crippen LogP contribution in [-0.4, -0.2) is 28.7 Å². The predicted molar refractivity (Wildman–Crippen MR) is 35.1 cm³/mol. The number of carbonyl (C=O) groups excluding carboxylic acids is 1. The summed E-state index contributed by atoms with van der Waals surface area (Å²) in [6.07, 6.45) is 0.431. The van der Waals surface area contributed by atoms with Crippen molar-refractivity contribution in [2.75, 3.05) is 6.61 Å². The zero-order chi connectivity index (χ0) is 7.91. The number of hydrogen-bond acceptors (Lipinski definition) is 3. The lowest BCUT2D eigenvalue weighted by atomic mass is 10.2. The fraction of sp³-hybridized carbons (Fsp3) is 0.833. The predicted octanol–water partition coefficient (Wildman–Crippen LogP) is -0.0452.